The Morgan fingerprint density at radius 1 is 1.56 bits per heavy atom. The summed E-state index contributed by atoms with van der Waals surface area (Å²) in [5.74, 6) is -0.614. The van der Waals surface area contributed by atoms with Gasteiger partial charge < -0.3 is 15.3 Å². The molecule has 3 N–H and O–H groups in total. The molecule has 7 nitrogen and oxygen atoms in total. The molecule has 0 unspecified atom stereocenters. The van der Waals surface area contributed by atoms with Gasteiger partial charge in [0.05, 0.1) is 0 Å². The minimum atomic E-state index is -1.11. The molecular formula is C9H15N3O4. The lowest BCUT2D eigenvalue weighted by molar-refractivity contribution is -0.138. The Morgan fingerprint density at radius 3 is 2.50 bits per heavy atom. The van der Waals surface area contributed by atoms with Gasteiger partial charge in [-0.25, -0.2) is 0 Å². The molecule has 0 amide bonds. The second-order valence-electron chi connectivity index (χ2n) is 3.52. The van der Waals surface area contributed by atoms with Gasteiger partial charge in [0.2, 0.25) is 0 Å². The molecule has 0 saturated heterocycles. The number of ketones is 1. The van der Waals surface area contributed by atoms with Crippen molar-refractivity contribution in [2.24, 2.45) is 10.9 Å². The number of nitrogens with zero attached hydrogens (tertiary/aromatic N) is 1. The van der Waals surface area contributed by atoms with Gasteiger partial charge in [-0.3, -0.25) is 15.0 Å². The topological polar surface area (TPSA) is 115 Å². The predicted octanol–water partition coefficient (Wildman–Crippen LogP) is -0.164. The number of Topliss-reactive ketones (excluding diaryl/α,β-unsaturated/α-hetero) is 1. The van der Waals surface area contributed by atoms with Crippen LogP contribution in [0.1, 0.15) is 20.8 Å². The molecule has 0 spiro atoms. The van der Waals surface area contributed by atoms with Gasteiger partial charge >= 0.3 is 0 Å². The second kappa shape index (κ2) is 5.84. The van der Waals surface area contributed by atoms with Crippen LogP contribution >= 0.6 is 0 Å². The number of nitrogens with one attached hydrogen (secondary N) is 1. The van der Waals surface area contributed by atoms with Crippen LogP contribution in [0.5, 0.6) is 0 Å². The van der Waals surface area contributed by atoms with Crippen molar-refractivity contribution >= 4 is 23.8 Å². The molecule has 0 aromatic carbocycles. The zero-order valence-electron chi connectivity index (χ0n) is 9.44. The largest absolute Gasteiger partial charge is 0.461 e. The smallest absolute Gasteiger partial charge is 0.293 e. The number of ether oxygens (including phenoxy) is 1. The maximum Gasteiger partial charge on any atom is 0.293 e. The van der Waals surface area contributed by atoms with Crippen LogP contribution < -0.4 is 5.73 Å². The van der Waals surface area contributed by atoms with Crippen molar-refractivity contribution < 1.29 is 19.2 Å². The summed E-state index contributed by atoms with van der Waals surface area (Å²) in [4.78, 5) is 26.0. The number of hydrogen-bond acceptors (Lipinski definition) is 6. The third-order valence-electron chi connectivity index (χ3n) is 1.83. The van der Waals surface area contributed by atoms with E-state index >= 15 is 0 Å². The summed E-state index contributed by atoms with van der Waals surface area (Å²) in [6.45, 7) is 4.33. The third-order valence-corrected chi connectivity index (χ3v) is 1.83. The molecule has 0 radical (unpaired) electrons. The Balaban J connectivity index is 4.62. The Labute approximate surface area is 93.1 Å². The minimum absolute atomic E-state index is 0.0542. The van der Waals surface area contributed by atoms with Gasteiger partial charge in [-0.1, -0.05) is 5.16 Å². The number of oxime groups is 1. The summed E-state index contributed by atoms with van der Waals surface area (Å²) < 4.78 is 4.39. The molecule has 0 rings (SSSR count). The molecule has 0 aromatic heterocycles. The van der Waals surface area contributed by atoms with E-state index < -0.39 is 5.60 Å². The van der Waals surface area contributed by atoms with E-state index in [1.165, 1.54) is 20.8 Å². The summed E-state index contributed by atoms with van der Waals surface area (Å²) >= 11 is 0. The van der Waals surface area contributed by atoms with Crippen molar-refractivity contribution in [1.29, 1.82) is 5.41 Å². The maximum absolute atomic E-state index is 11.1. The average molecular weight is 229 g/mol. The molecular weight excluding hydrogens is 214 g/mol. The Morgan fingerprint density at radius 2 is 2.12 bits per heavy atom. The molecule has 0 aliphatic rings. The normalized spacial score (nSPS) is 11.8. The fraction of sp³-hybridized carbons (Fsp3) is 0.556. The van der Waals surface area contributed by atoms with Gasteiger partial charge in [0.15, 0.2) is 17.1 Å². The number of carbonyl (C=O) groups excluding carboxylic acids is 2. The molecule has 7 heteroatoms. The highest BCUT2D eigenvalue weighted by Gasteiger charge is 2.26. The minimum Gasteiger partial charge on any atom is -0.461 e. The zero-order chi connectivity index (χ0) is 12.8. The van der Waals surface area contributed by atoms with Crippen molar-refractivity contribution in [3.8, 4) is 0 Å². The van der Waals surface area contributed by atoms with Gasteiger partial charge in [0.1, 0.15) is 12.4 Å². The zero-order valence-corrected chi connectivity index (χ0v) is 9.44. The van der Waals surface area contributed by atoms with E-state index in [4.69, 9.17) is 16.0 Å². The Bertz CT molecular complexity index is 323. The van der Waals surface area contributed by atoms with Gasteiger partial charge in [-0.2, -0.15) is 0 Å². The van der Waals surface area contributed by atoms with Crippen LogP contribution in [0.15, 0.2) is 5.16 Å². The van der Waals surface area contributed by atoms with Crippen LogP contribution in [0, 0.1) is 5.41 Å². The van der Waals surface area contributed by atoms with Crippen molar-refractivity contribution in [1.82, 2.24) is 0 Å². The molecule has 0 bridgehead atoms. The van der Waals surface area contributed by atoms with Crippen molar-refractivity contribution in [3.63, 3.8) is 0 Å². The first kappa shape index (κ1) is 14.1. The van der Waals surface area contributed by atoms with E-state index in [1.807, 2.05) is 0 Å². The van der Waals surface area contributed by atoms with Gasteiger partial charge in [0.25, 0.3) is 6.47 Å². The van der Waals surface area contributed by atoms with Crippen LogP contribution in [0.3, 0.4) is 0 Å². The molecule has 0 fully saturated rings. The van der Waals surface area contributed by atoms with Crippen LogP contribution in [0.25, 0.3) is 0 Å². The predicted molar refractivity (Wildman–Crippen MR) is 57.2 cm³/mol. The SMILES string of the molecule is CC(=O)C(C)(C)O/N=C(\COC=O)C(=N)N. The van der Waals surface area contributed by atoms with Gasteiger partial charge in [-0.05, 0) is 20.8 Å². The monoisotopic (exact) mass is 229 g/mol. The van der Waals surface area contributed by atoms with E-state index in [2.05, 4.69) is 9.89 Å². The Kier molecular flexibility index (Phi) is 5.14. The van der Waals surface area contributed by atoms with Crippen LogP contribution in [0.2, 0.25) is 0 Å². The highest BCUT2D eigenvalue weighted by Crippen LogP contribution is 2.10. The summed E-state index contributed by atoms with van der Waals surface area (Å²) in [6, 6.07) is 0. The number of rotatable bonds is 7. The average Bonchev–Trinajstić information content (AvgIpc) is 2.16. The fourth-order valence-corrected chi connectivity index (χ4v) is 0.500. The first-order valence-electron chi connectivity index (χ1n) is 4.47. The molecule has 0 saturated carbocycles. The lowest BCUT2D eigenvalue weighted by Gasteiger charge is -2.18. The lowest BCUT2D eigenvalue weighted by atomic mass is 10.1. The summed E-state index contributed by atoms with van der Waals surface area (Å²) in [5, 5.41) is 10.6. The molecule has 0 atom stereocenters. The lowest BCUT2D eigenvalue weighted by Crippen LogP contribution is -2.33. The summed E-state index contributed by atoms with van der Waals surface area (Å²) in [7, 11) is 0. The van der Waals surface area contributed by atoms with E-state index in [9.17, 15) is 9.59 Å². The van der Waals surface area contributed by atoms with E-state index in [0.29, 0.717) is 0 Å². The maximum atomic E-state index is 11.1. The van der Waals surface area contributed by atoms with Gasteiger partial charge in [-0.15, -0.1) is 0 Å². The summed E-state index contributed by atoms with van der Waals surface area (Å²) in [5.41, 5.74) is 4.01. The van der Waals surface area contributed by atoms with E-state index in [0.717, 1.165) is 0 Å². The number of carbonyl (C=O) groups is 2. The number of amidine groups is 1. The van der Waals surface area contributed by atoms with E-state index in [-0.39, 0.29) is 30.4 Å². The molecule has 90 valence electrons. The Hall–Kier alpha value is -1.92. The molecule has 16 heavy (non-hydrogen) atoms. The van der Waals surface area contributed by atoms with Gasteiger partial charge in [0, 0.05) is 0 Å². The second-order valence-corrected chi connectivity index (χ2v) is 3.52. The third kappa shape index (κ3) is 4.54. The van der Waals surface area contributed by atoms with Crippen molar-refractivity contribution in [3.05, 3.63) is 0 Å². The molecule has 0 aromatic rings. The first-order valence-corrected chi connectivity index (χ1v) is 4.47. The van der Waals surface area contributed by atoms with Crippen molar-refractivity contribution in [2.75, 3.05) is 6.61 Å². The van der Waals surface area contributed by atoms with E-state index in [1.54, 1.807) is 0 Å². The summed E-state index contributed by atoms with van der Waals surface area (Å²) in [6.07, 6.45) is 0. The van der Waals surface area contributed by atoms with Crippen LogP contribution in [-0.4, -0.2) is 36.0 Å². The number of nitrogens with two attached hydrogens (primary N) is 1. The fourth-order valence-electron chi connectivity index (χ4n) is 0.500. The van der Waals surface area contributed by atoms with Crippen LogP contribution in [-0.2, 0) is 19.2 Å². The highest BCUT2D eigenvalue weighted by molar-refractivity contribution is 6.40. The van der Waals surface area contributed by atoms with Crippen LogP contribution in [0.4, 0.5) is 0 Å². The first-order chi connectivity index (χ1) is 7.31. The van der Waals surface area contributed by atoms with Crippen molar-refractivity contribution in [2.45, 2.75) is 26.4 Å². The molecule has 0 aliphatic carbocycles. The quantitative estimate of drug-likeness (QED) is 0.272. The highest BCUT2D eigenvalue weighted by atomic mass is 16.7. The molecule has 0 aliphatic heterocycles. The standard InChI is InChI=1S/C9H15N3O4/c1-6(14)9(2,3)16-12-7(8(10)11)4-15-5-13/h5H,4H2,1-3H3,(H3,10,11)/b12-7+. The number of hydrogen-bond donors (Lipinski definition) is 2. The molecule has 0 heterocycles.